The molecular weight excluding hydrogens is 434 g/mol. The number of hydrogen-bond donors (Lipinski definition) is 1. The molecule has 3 aromatic heterocycles. The van der Waals surface area contributed by atoms with Crippen molar-refractivity contribution in [3.8, 4) is 11.4 Å². The highest BCUT2D eigenvalue weighted by atomic mass is 32.1. The molecule has 0 fully saturated rings. The average molecular weight is 464 g/mol. The third-order valence-electron chi connectivity index (χ3n) is 6.35. The van der Waals surface area contributed by atoms with Crippen LogP contribution in [0.4, 0.5) is 0 Å². The monoisotopic (exact) mass is 463 g/mol. The number of aryl methyl sites for hydroxylation is 2. The average Bonchev–Trinajstić information content (AvgIpc) is 3.47. The number of ether oxygens (including phenoxy) is 1. The van der Waals surface area contributed by atoms with E-state index in [4.69, 9.17) is 4.74 Å². The van der Waals surface area contributed by atoms with Crippen molar-refractivity contribution in [3.05, 3.63) is 69.3 Å². The van der Waals surface area contributed by atoms with Crippen LogP contribution in [0.1, 0.15) is 42.2 Å². The maximum atomic E-state index is 13.0. The molecule has 1 aliphatic carbocycles. The Kier molecular flexibility index (Phi) is 6.28. The minimum Gasteiger partial charge on any atom is -0.494 e. The van der Waals surface area contributed by atoms with E-state index in [1.54, 1.807) is 29.3 Å². The quantitative estimate of drug-likeness (QED) is 0.426. The Morgan fingerprint density at radius 1 is 1.30 bits per heavy atom. The van der Waals surface area contributed by atoms with Crippen LogP contribution in [-0.2, 0) is 25.9 Å². The van der Waals surface area contributed by atoms with E-state index in [0.717, 1.165) is 72.4 Å². The van der Waals surface area contributed by atoms with Crippen LogP contribution in [0, 0.1) is 0 Å². The molecule has 0 radical (unpaired) electrons. The van der Waals surface area contributed by atoms with Gasteiger partial charge < -0.3 is 10.1 Å². The third kappa shape index (κ3) is 4.32. The van der Waals surface area contributed by atoms with Gasteiger partial charge in [-0.1, -0.05) is 25.5 Å². The van der Waals surface area contributed by atoms with Crippen molar-refractivity contribution in [3.63, 3.8) is 0 Å². The minimum absolute atomic E-state index is 0.126. The van der Waals surface area contributed by atoms with Gasteiger partial charge in [0.05, 0.1) is 25.0 Å². The van der Waals surface area contributed by atoms with E-state index in [2.05, 4.69) is 22.3 Å². The van der Waals surface area contributed by atoms with Crippen LogP contribution in [0.15, 0.2) is 47.8 Å². The van der Waals surface area contributed by atoms with Crippen molar-refractivity contribution in [1.29, 1.82) is 0 Å². The summed E-state index contributed by atoms with van der Waals surface area (Å²) in [4.78, 5) is 19.8. The zero-order valence-corrected chi connectivity index (χ0v) is 19.9. The van der Waals surface area contributed by atoms with E-state index in [1.165, 1.54) is 10.4 Å². The number of nitrogens with one attached hydrogen (secondary N) is 1. The number of para-hydroxylation sites is 2. The van der Waals surface area contributed by atoms with E-state index in [-0.39, 0.29) is 5.56 Å². The van der Waals surface area contributed by atoms with Gasteiger partial charge in [-0.25, -0.2) is 9.67 Å². The molecule has 8 heteroatoms. The molecular formula is C25H29N5O2S. The van der Waals surface area contributed by atoms with E-state index < -0.39 is 0 Å². The maximum Gasteiger partial charge on any atom is 0.262 e. The lowest BCUT2D eigenvalue weighted by Gasteiger charge is -2.23. The van der Waals surface area contributed by atoms with Gasteiger partial charge in [0.25, 0.3) is 5.56 Å². The SMILES string of the molecule is CCCCn1cnc2sc3c(c2c1=O)CCC(NCc1cnn(-c2ccccc2OC)c1)C3. The Hall–Kier alpha value is -2.97. The van der Waals surface area contributed by atoms with Crippen LogP contribution in [0.2, 0.25) is 0 Å². The fraction of sp³-hybridized carbons (Fsp3) is 0.400. The summed E-state index contributed by atoms with van der Waals surface area (Å²) in [7, 11) is 1.67. The van der Waals surface area contributed by atoms with Gasteiger partial charge in [0.15, 0.2) is 0 Å². The molecule has 4 aromatic rings. The molecule has 1 atom stereocenters. The Morgan fingerprint density at radius 3 is 3.03 bits per heavy atom. The van der Waals surface area contributed by atoms with E-state index >= 15 is 0 Å². The predicted molar refractivity (Wildman–Crippen MR) is 132 cm³/mol. The van der Waals surface area contributed by atoms with Crippen LogP contribution < -0.4 is 15.6 Å². The summed E-state index contributed by atoms with van der Waals surface area (Å²) in [6.07, 6.45) is 10.6. The molecule has 0 saturated heterocycles. The number of benzene rings is 1. The molecule has 0 spiro atoms. The lowest BCUT2D eigenvalue weighted by atomic mass is 9.93. The topological polar surface area (TPSA) is 74.0 Å². The first kappa shape index (κ1) is 21.9. The molecule has 3 heterocycles. The number of fused-ring (bicyclic) bond motifs is 3. The standard InChI is InChI=1S/C25H29N5O2S/c1-3-4-11-29-16-27-24-23(25(29)31)19-10-9-18(12-22(19)33-24)26-13-17-14-28-30(15-17)20-7-5-6-8-21(20)32-2/h5-8,14-16,18,26H,3-4,9-13H2,1-2H3. The summed E-state index contributed by atoms with van der Waals surface area (Å²) in [6.45, 7) is 3.64. The van der Waals surface area contributed by atoms with Gasteiger partial charge in [0.2, 0.25) is 0 Å². The Balaban J connectivity index is 1.28. The van der Waals surface area contributed by atoms with Crippen molar-refractivity contribution in [2.75, 3.05) is 7.11 Å². The van der Waals surface area contributed by atoms with Crippen molar-refractivity contribution in [1.82, 2.24) is 24.6 Å². The van der Waals surface area contributed by atoms with E-state index in [1.807, 2.05) is 41.3 Å². The highest BCUT2D eigenvalue weighted by Crippen LogP contribution is 2.33. The molecule has 1 aliphatic rings. The zero-order valence-electron chi connectivity index (χ0n) is 19.1. The van der Waals surface area contributed by atoms with Crippen molar-refractivity contribution < 1.29 is 4.74 Å². The number of nitrogens with zero attached hydrogens (tertiary/aromatic N) is 4. The Labute approximate surface area is 197 Å². The number of rotatable bonds is 8. The maximum absolute atomic E-state index is 13.0. The summed E-state index contributed by atoms with van der Waals surface area (Å²) in [5.74, 6) is 0.798. The summed E-state index contributed by atoms with van der Waals surface area (Å²) < 4.78 is 9.09. The summed E-state index contributed by atoms with van der Waals surface area (Å²) in [5, 5.41) is 9.06. The first-order chi connectivity index (χ1) is 16.2. The highest BCUT2D eigenvalue weighted by molar-refractivity contribution is 7.18. The van der Waals surface area contributed by atoms with Gasteiger partial charge in [0.1, 0.15) is 16.3 Å². The molecule has 0 amide bonds. The predicted octanol–water partition coefficient (Wildman–Crippen LogP) is 4.10. The van der Waals surface area contributed by atoms with Gasteiger partial charge >= 0.3 is 0 Å². The molecule has 0 saturated carbocycles. The highest BCUT2D eigenvalue weighted by Gasteiger charge is 2.25. The largest absolute Gasteiger partial charge is 0.494 e. The number of hydrogen-bond acceptors (Lipinski definition) is 6. The first-order valence-electron chi connectivity index (χ1n) is 11.6. The van der Waals surface area contributed by atoms with Crippen LogP contribution >= 0.6 is 11.3 Å². The second-order valence-electron chi connectivity index (χ2n) is 8.57. The zero-order chi connectivity index (χ0) is 22.8. The number of aromatic nitrogens is 4. The van der Waals surface area contributed by atoms with Crippen molar-refractivity contribution in [2.24, 2.45) is 0 Å². The number of thiophene rings is 1. The molecule has 1 aromatic carbocycles. The van der Waals surface area contributed by atoms with E-state index in [0.29, 0.717) is 6.04 Å². The first-order valence-corrected chi connectivity index (χ1v) is 12.4. The van der Waals surface area contributed by atoms with Gasteiger partial charge in [-0.3, -0.25) is 9.36 Å². The molecule has 1 N–H and O–H groups in total. The second kappa shape index (κ2) is 9.49. The molecule has 7 nitrogen and oxygen atoms in total. The lowest BCUT2D eigenvalue weighted by Crippen LogP contribution is -2.33. The molecule has 0 aliphatic heterocycles. The number of methoxy groups -OCH3 is 1. The summed E-state index contributed by atoms with van der Waals surface area (Å²) >= 11 is 1.68. The smallest absolute Gasteiger partial charge is 0.262 e. The molecule has 0 bridgehead atoms. The molecule has 172 valence electrons. The van der Waals surface area contributed by atoms with Crippen molar-refractivity contribution in [2.45, 2.75) is 58.2 Å². The number of unbranched alkanes of at least 4 members (excludes halogenated alkanes) is 1. The minimum atomic E-state index is 0.126. The normalized spacial score (nSPS) is 15.6. The fourth-order valence-electron chi connectivity index (χ4n) is 4.53. The van der Waals surface area contributed by atoms with Crippen LogP contribution in [0.3, 0.4) is 0 Å². The fourth-order valence-corrected chi connectivity index (χ4v) is 5.79. The van der Waals surface area contributed by atoms with Gasteiger partial charge in [-0.05, 0) is 43.4 Å². The molecule has 33 heavy (non-hydrogen) atoms. The molecule has 5 rings (SSSR count). The summed E-state index contributed by atoms with van der Waals surface area (Å²) in [6, 6.07) is 8.25. The summed E-state index contributed by atoms with van der Waals surface area (Å²) in [5.41, 5.74) is 3.40. The van der Waals surface area contributed by atoms with Crippen LogP contribution in [0.25, 0.3) is 15.9 Å². The second-order valence-corrected chi connectivity index (χ2v) is 9.65. The van der Waals surface area contributed by atoms with Gasteiger partial charge in [0, 0.05) is 35.8 Å². The Morgan fingerprint density at radius 2 is 2.18 bits per heavy atom. The van der Waals surface area contributed by atoms with Gasteiger partial charge in [-0.2, -0.15) is 5.10 Å². The van der Waals surface area contributed by atoms with Crippen molar-refractivity contribution >= 4 is 21.6 Å². The lowest BCUT2D eigenvalue weighted by molar-refractivity contribution is 0.411. The van der Waals surface area contributed by atoms with Crippen LogP contribution in [-0.4, -0.2) is 32.5 Å². The van der Waals surface area contributed by atoms with E-state index in [9.17, 15) is 4.79 Å². The third-order valence-corrected chi connectivity index (χ3v) is 7.51. The molecule has 1 unspecified atom stereocenters. The van der Waals surface area contributed by atoms with Gasteiger partial charge in [-0.15, -0.1) is 11.3 Å². The van der Waals surface area contributed by atoms with Crippen LogP contribution in [0.5, 0.6) is 5.75 Å². The Bertz CT molecular complexity index is 1320.